The molecule has 1 N–H and O–H groups in total. The third kappa shape index (κ3) is 3.38. The maximum atomic E-state index is 12.8. The molecule has 3 heterocycles. The number of hydrogen-bond donors (Lipinski definition) is 1. The van der Waals surface area contributed by atoms with E-state index in [4.69, 9.17) is 0 Å². The first-order chi connectivity index (χ1) is 11.0. The van der Waals surface area contributed by atoms with Gasteiger partial charge < -0.3 is 10.2 Å². The van der Waals surface area contributed by atoms with Gasteiger partial charge in [-0.2, -0.15) is 4.52 Å². The number of aromatic nitrogens is 4. The van der Waals surface area contributed by atoms with E-state index in [1.165, 1.54) is 0 Å². The fourth-order valence-electron chi connectivity index (χ4n) is 2.74. The van der Waals surface area contributed by atoms with Gasteiger partial charge in [0.15, 0.2) is 5.65 Å². The van der Waals surface area contributed by atoms with Gasteiger partial charge in [-0.1, -0.05) is 0 Å². The largest absolute Gasteiger partial charge is 0.368 e. The molecule has 1 aliphatic heterocycles. The Hall–Kier alpha value is -2.32. The molecule has 2 aromatic rings. The lowest BCUT2D eigenvalue weighted by Crippen LogP contribution is -2.38. The third-order valence-electron chi connectivity index (χ3n) is 4.11. The van der Waals surface area contributed by atoms with Crippen LogP contribution in [0.5, 0.6) is 0 Å². The molecule has 1 amide bonds. The number of carbonyl (C=O) groups is 1. The minimum absolute atomic E-state index is 0.107. The Bertz CT molecular complexity index is 696. The molecule has 1 aliphatic rings. The molecule has 9 heteroatoms. The van der Waals surface area contributed by atoms with Crippen molar-refractivity contribution in [3.8, 4) is 0 Å². The van der Waals surface area contributed by atoms with Crippen molar-refractivity contribution in [2.75, 3.05) is 25.0 Å². The molecular formula is C14H18F2N6O. The Balaban J connectivity index is 1.61. The Morgan fingerprint density at radius 3 is 2.74 bits per heavy atom. The Morgan fingerprint density at radius 2 is 2.09 bits per heavy atom. The van der Waals surface area contributed by atoms with Crippen molar-refractivity contribution in [3.63, 3.8) is 0 Å². The SMILES string of the molecule is CC(=O)N1CCC(CNc2ccc3nnc(C(F)F)n3n2)CC1. The second kappa shape index (κ2) is 6.43. The molecule has 7 nitrogen and oxygen atoms in total. The summed E-state index contributed by atoms with van der Waals surface area (Å²) < 4.78 is 26.7. The summed E-state index contributed by atoms with van der Waals surface area (Å²) in [5.74, 6) is 0.584. The van der Waals surface area contributed by atoms with E-state index >= 15 is 0 Å². The van der Waals surface area contributed by atoms with Crippen LogP contribution in [0.3, 0.4) is 0 Å². The predicted octanol–water partition coefficient (Wildman–Crippen LogP) is 1.73. The Kier molecular flexibility index (Phi) is 4.35. The molecule has 1 saturated heterocycles. The first kappa shape index (κ1) is 15.6. The standard InChI is InChI=1S/C14H18F2N6O/c1-9(23)21-6-4-10(5-7-21)8-17-11-2-3-12-18-19-14(13(15)16)22(12)20-11/h2-3,10,13H,4-8H2,1H3,(H,17,20). The van der Waals surface area contributed by atoms with Crippen molar-refractivity contribution in [3.05, 3.63) is 18.0 Å². The van der Waals surface area contributed by atoms with Gasteiger partial charge in [0, 0.05) is 26.6 Å². The third-order valence-corrected chi connectivity index (χ3v) is 4.11. The molecule has 0 saturated carbocycles. The average Bonchev–Trinajstić information content (AvgIpc) is 2.96. The summed E-state index contributed by atoms with van der Waals surface area (Å²) in [4.78, 5) is 13.1. The highest BCUT2D eigenvalue weighted by molar-refractivity contribution is 5.73. The molecule has 0 atom stereocenters. The number of nitrogens with one attached hydrogen (secondary N) is 1. The molecule has 0 unspecified atom stereocenters. The number of hydrogen-bond acceptors (Lipinski definition) is 5. The van der Waals surface area contributed by atoms with Crippen molar-refractivity contribution in [2.45, 2.75) is 26.2 Å². The number of alkyl halides is 2. The van der Waals surface area contributed by atoms with E-state index in [1.54, 1.807) is 19.1 Å². The van der Waals surface area contributed by atoms with Gasteiger partial charge in [0.05, 0.1) is 0 Å². The summed E-state index contributed by atoms with van der Waals surface area (Å²) in [5, 5.41) is 14.4. The number of halogens is 2. The van der Waals surface area contributed by atoms with E-state index < -0.39 is 12.2 Å². The predicted molar refractivity (Wildman–Crippen MR) is 79.2 cm³/mol. The van der Waals surface area contributed by atoms with Crippen LogP contribution in [0.15, 0.2) is 12.1 Å². The van der Waals surface area contributed by atoms with Gasteiger partial charge in [-0.15, -0.1) is 15.3 Å². The van der Waals surface area contributed by atoms with E-state index in [0.717, 1.165) is 30.4 Å². The number of fused-ring (bicyclic) bond motifs is 1. The molecule has 23 heavy (non-hydrogen) atoms. The number of anilines is 1. The first-order valence-electron chi connectivity index (χ1n) is 7.54. The van der Waals surface area contributed by atoms with Crippen molar-refractivity contribution in [1.29, 1.82) is 0 Å². The average molecular weight is 324 g/mol. The molecular weight excluding hydrogens is 306 g/mol. The summed E-state index contributed by atoms with van der Waals surface area (Å²) >= 11 is 0. The van der Waals surface area contributed by atoms with Gasteiger partial charge in [0.2, 0.25) is 11.7 Å². The Morgan fingerprint density at radius 1 is 1.35 bits per heavy atom. The number of rotatable bonds is 4. The normalized spacial score (nSPS) is 16.3. The van der Waals surface area contributed by atoms with Gasteiger partial charge >= 0.3 is 0 Å². The second-order valence-corrected chi connectivity index (χ2v) is 5.68. The van der Waals surface area contributed by atoms with Crippen LogP contribution in [0.2, 0.25) is 0 Å². The molecule has 3 rings (SSSR count). The van der Waals surface area contributed by atoms with E-state index in [9.17, 15) is 13.6 Å². The fourth-order valence-corrected chi connectivity index (χ4v) is 2.74. The quantitative estimate of drug-likeness (QED) is 0.927. The number of piperidine rings is 1. The number of carbonyl (C=O) groups excluding carboxylic acids is 1. The zero-order valence-corrected chi connectivity index (χ0v) is 12.7. The smallest absolute Gasteiger partial charge is 0.299 e. The molecule has 1 fully saturated rings. The van der Waals surface area contributed by atoms with Crippen LogP contribution in [0.1, 0.15) is 32.0 Å². The fraction of sp³-hybridized carbons (Fsp3) is 0.571. The van der Waals surface area contributed by atoms with Gasteiger partial charge in [0.25, 0.3) is 6.43 Å². The van der Waals surface area contributed by atoms with Crippen molar-refractivity contribution < 1.29 is 13.6 Å². The van der Waals surface area contributed by atoms with Crippen LogP contribution in [0.4, 0.5) is 14.6 Å². The summed E-state index contributed by atoms with van der Waals surface area (Å²) in [6.07, 6.45) is -0.878. The van der Waals surface area contributed by atoms with Gasteiger partial charge in [-0.3, -0.25) is 4.79 Å². The summed E-state index contributed by atoms with van der Waals surface area (Å²) in [7, 11) is 0. The number of amides is 1. The molecule has 2 aromatic heterocycles. The van der Waals surface area contributed by atoms with Crippen LogP contribution in [-0.4, -0.2) is 50.3 Å². The zero-order chi connectivity index (χ0) is 16.4. The maximum Gasteiger partial charge on any atom is 0.299 e. The van der Waals surface area contributed by atoms with E-state index in [1.807, 2.05) is 4.90 Å². The summed E-state index contributed by atoms with van der Waals surface area (Å²) in [6.45, 7) is 3.79. The highest BCUT2D eigenvalue weighted by Crippen LogP contribution is 2.19. The maximum absolute atomic E-state index is 12.8. The topological polar surface area (TPSA) is 75.4 Å². The van der Waals surface area contributed by atoms with E-state index in [-0.39, 0.29) is 5.91 Å². The number of nitrogens with zero attached hydrogens (tertiary/aromatic N) is 5. The second-order valence-electron chi connectivity index (χ2n) is 5.68. The number of likely N-dealkylation sites (tertiary alicyclic amines) is 1. The van der Waals surface area contributed by atoms with Crippen molar-refractivity contribution in [1.82, 2.24) is 24.7 Å². The van der Waals surface area contributed by atoms with Crippen molar-refractivity contribution in [2.24, 2.45) is 5.92 Å². The lowest BCUT2D eigenvalue weighted by atomic mass is 9.97. The molecule has 0 aromatic carbocycles. The molecule has 0 bridgehead atoms. The lowest BCUT2D eigenvalue weighted by molar-refractivity contribution is -0.130. The van der Waals surface area contributed by atoms with Gasteiger partial charge in [-0.25, -0.2) is 8.78 Å². The highest BCUT2D eigenvalue weighted by atomic mass is 19.3. The Labute approximate surface area is 131 Å². The first-order valence-corrected chi connectivity index (χ1v) is 7.54. The van der Waals surface area contributed by atoms with E-state index in [2.05, 4.69) is 20.6 Å². The van der Waals surface area contributed by atoms with Crippen LogP contribution in [-0.2, 0) is 4.79 Å². The van der Waals surface area contributed by atoms with E-state index in [0.29, 0.717) is 23.9 Å². The minimum Gasteiger partial charge on any atom is -0.368 e. The van der Waals surface area contributed by atoms with Gasteiger partial charge in [0.1, 0.15) is 5.82 Å². The van der Waals surface area contributed by atoms with Crippen LogP contribution < -0.4 is 5.32 Å². The molecule has 0 spiro atoms. The summed E-state index contributed by atoms with van der Waals surface area (Å²) in [6, 6.07) is 3.30. The molecule has 124 valence electrons. The van der Waals surface area contributed by atoms with Crippen molar-refractivity contribution >= 4 is 17.4 Å². The monoisotopic (exact) mass is 324 g/mol. The minimum atomic E-state index is -2.72. The van der Waals surface area contributed by atoms with Crippen LogP contribution >= 0.6 is 0 Å². The molecule has 0 aliphatic carbocycles. The lowest BCUT2D eigenvalue weighted by Gasteiger charge is -2.31. The van der Waals surface area contributed by atoms with Crippen LogP contribution in [0.25, 0.3) is 5.65 Å². The summed E-state index contributed by atoms with van der Waals surface area (Å²) in [5.41, 5.74) is 0.292. The zero-order valence-electron chi connectivity index (χ0n) is 12.7. The highest BCUT2D eigenvalue weighted by Gasteiger charge is 2.21. The molecule has 0 radical (unpaired) electrons. The van der Waals surface area contributed by atoms with Crippen LogP contribution in [0, 0.1) is 5.92 Å². The van der Waals surface area contributed by atoms with Gasteiger partial charge in [-0.05, 0) is 30.9 Å².